The van der Waals surface area contributed by atoms with E-state index in [4.69, 9.17) is 14.2 Å². The second-order valence-electron chi connectivity index (χ2n) is 4.99. The van der Waals surface area contributed by atoms with Crippen molar-refractivity contribution in [3.8, 4) is 38.8 Å². The number of nitrogens with zero attached hydrogens (tertiary/aromatic N) is 1. The minimum absolute atomic E-state index is 0.274. The highest BCUT2D eigenvalue weighted by molar-refractivity contribution is 7.10. The summed E-state index contributed by atoms with van der Waals surface area (Å²) in [4.78, 5) is 0.899. The van der Waals surface area contributed by atoms with Crippen LogP contribution in [0.5, 0.6) is 17.2 Å². The fraction of sp³-hybridized carbons (Fsp3) is 0.167. The van der Waals surface area contributed by atoms with E-state index in [0.29, 0.717) is 17.2 Å². The number of hydrogen-bond donors (Lipinski definition) is 0. The number of ether oxygens (including phenoxy) is 3. The predicted octanol–water partition coefficient (Wildman–Crippen LogP) is 4.64. The van der Waals surface area contributed by atoms with Gasteiger partial charge in [0.1, 0.15) is 11.6 Å². The van der Waals surface area contributed by atoms with E-state index in [1.165, 1.54) is 23.7 Å². The number of hydrogen-bond acceptors (Lipinski definition) is 5. The van der Waals surface area contributed by atoms with Gasteiger partial charge in [-0.2, -0.15) is 4.37 Å². The number of methoxy groups -OCH3 is 3. The van der Waals surface area contributed by atoms with Crippen molar-refractivity contribution in [3.63, 3.8) is 0 Å². The van der Waals surface area contributed by atoms with Crippen LogP contribution < -0.4 is 14.2 Å². The minimum Gasteiger partial charge on any atom is -0.497 e. The quantitative estimate of drug-likeness (QED) is 0.675. The molecule has 0 spiro atoms. The third-order valence-corrected chi connectivity index (χ3v) is 4.49. The number of aromatic nitrogens is 1. The van der Waals surface area contributed by atoms with Crippen molar-refractivity contribution in [2.45, 2.75) is 0 Å². The van der Waals surface area contributed by atoms with E-state index in [9.17, 15) is 4.39 Å². The van der Waals surface area contributed by atoms with E-state index < -0.39 is 0 Å². The highest BCUT2D eigenvalue weighted by Gasteiger charge is 2.19. The molecular formula is C18H16FNO3S. The van der Waals surface area contributed by atoms with Crippen LogP contribution in [0.1, 0.15) is 0 Å². The maximum atomic E-state index is 13.2. The molecule has 0 unspecified atom stereocenters. The van der Waals surface area contributed by atoms with Crippen molar-refractivity contribution in [3.05, 3.63) is 48.4 Å². The van der Waals surface area contributed by atoms with E-state index in [2.05, 4.69) is 4.37 Å². The molecule has 0 saturated heterocycles. The average Bonchev–Trinajstić information content (AvgIpc) is 3.10. The summed E-state index contributed by atoms with van der Waals surface area (Å²) < 4.78 is 33.8. The molecular weight excluding hydrogens is 329 g/mol. The van der Waals surface area contributed by atoms with E-state index in [1.807, 2.05) is 6.07 Å². The summed E-state index contributed by atoms with van der Waals surface area (Å²) in [6, 6.07) is 9.96. The van der Waals surface area contributed by atoms with Crippen molar-refractivity contribution in [1.82, 2.24) is 4.37 Å². The molecule has 0 aliphatic rings. The monoisotopic (exact) mass is 345 g/mol. The van der Waals surface area contributed by atoms with Gasteiger partial charge in [0, 0.05) is 23.4 Å². The van der Waals surface area contributed by atoms with E-state index in [-0.39, 0.29) is 5.82 Å². The molecule has 1 heterocycles. The van der Waals surface area contributed by atoms with E-state index in [0.717, 1.165) is 21.6 Å². The van der Waals surface area contributed by atoms with Crippen LogP contribution in [0.4, 0.5) is 4.39 Å². The molecule has 1 aromatic heterocycles. The zero-order valence-corrected chi connectivity index (χ0v) is 14.3. The first kappa shape index (κ1) is 16.3. The summed E-state index contributed by atoms with van der Waals surface area (Å²) >= 11 is 1.33. The first-order valence-electron chi connectivity index (χ1n) is 7.19. The van der Waals surface area contributed by atoms with Gasteiger partial charge in [0.15, 0.2) is 11.5 Å². The molecule has 0 amide bonds. The van der Waals surface area contributed by atoms with Crippen LogP contribution in [0, 0.1) is 5.82 Å². The van der Waals surface area contributed by atoms with Crippen LogP contribution >= 0.6 is 11.5 Å². The molecule has 24 heavy (non-hydrogen) atoms. The molecule has 0 atom stereocenters. The van der Waals surface area contributed by atoms with Gasteiger partial charge in [-0.25, -0.2) is 4.39 Å². The minimum atomic E-state index is -0.274. The maximum absolute atomic E-state index is 13.2. The largest absolute Gasteiger partial charge is 0.497 e. The second-order valence-corrected chi connectivity index (χ2v) is 5.79. The average molecular weight is 345 g/mol. The van der Waals surface area contributed by atoms with Gasteiger partial charge in [-0.1, -0.05) is 12.1 Å². The molecule has 6 heteroatoms. The molecule has 0 fully saturated rings. The zero-order chi connectivity index (χ0) is 17.1. The topological polar surface area (TPSA) is 40.6 Å². The molecule has 0 radical (unpaired) electrons. The summed E-state index contributed by atoms with van der Waals surface area (Å²) in [6.45, 7) is 0. The van der Waals surface area contributed by atoms with Crippen molar-refractivity contribution < 1.29 is 18.6 Å². The lowest BCUT2D eigenvalue weighted by Crippen LogP contribution is -1.95. The first-order valence-corrected chi connectivity index (χ1v) is 7.96. The normalized spacial score (nSPS) is 10.5. The number of halogens is 1. The molecule has 0 aliphatic carbocycles. The van der Waals surface area contributed by atoms with Crippen LogP contribution in [-0.2, 0) is 0 Å². The fourth-order valence-electron chi connectivity index (χ4n) is 2.49. The summed E-state index contributed by atoms with van der Waals surface area (Å²) in [5.74, 6) is 1.56. The molecule has 0 aliphatic heterocycles. The third kappa shape index (κ3) is 2.92. The smallest absolute Gasteiger partial charge is 0.169 e. The SMILES string of the molecule is COc1cc(OC)c(OC)c(-c2sncc2-c2ccc(F)cc2)c1. The molecule has 124 valence electrons. The Hall–Kier alpha value is -2.60. The van der Waals surface area contributed by atoms with Gasteiger partial charge in [-0.05, 0) is 35.3 Å². The molecule has 0 N–H and O–H groups in total. The van der Waals surface area contributed by atoms with Crippen molar-refractivity contribution in [2.75, 3.05) is 21.3 Å². The Kier molecular flexibility index (Phi) is 4.66. The van der Waals surface area contributed by atoms with Gasteiger partial charge in [-0.3, -0.25) is 0 Å². The molecule has 3 rings (SSSR count). The van der Waals surface area contributed by atoms with Gasteiger partial charge in [0.25, 0.3) is 0 Å². The molecule has 2 aromatic carbocycles. The molecule has 3 aromatic rings. The lowest BCUT2D eigenvalue weighted by molar-refractivity contribution is 0.350. The van der Waals surface area contributed by atoms with Gasteiger partial charge < -0.3 is 14.2 Å². The Balaban J connectivity index is 2.20. The van der Waals surface area contributed by atoms with Gasteiger partial charge in [0.2, 0.25) is 0 Å². The fourth-order valence-corrected chi connectivity index (χ4v) is 3.28. The van der Waals surface area contributed by atoms with Gasteiger partial charge in [0.05, 0.1) is 26.2 Å². The standard InChI is InChI=1S/C18H16FNO3S/c1-21-13-8-14(17(23-3)16(9-13)22-2)18-15(10-20-24-18)11-4-6-12(19)7-5-11/h4-10H,1-3H3. The van der Waals surface area contributed by atoms with Crippen molar-refractivity contribution in [2.24, 2.45) is 0 Å². The lowest BCUT2D eigenvalue weighted by Gasteiger charge is -2.14. The predicted molar refractivity (Wildman–Crippen MR) is 92.6 cm³/mol. The molecule has 4 nitrogen and oxygen atoms in total. The highest BCUT2D eigenvalue weighted by Crippen LogP contribution is 2.46. The number of benzene rings is 2. The third-order valence-electron chi connectivity index (χ3n) is 3.66. The van der Waals surface area contributed by atoms with E-state index >= 15 is 0 Å². The zero-order valence-electron chi connectivity index (χ0n) is 13.5. The molecule has 0 bridgehead atoms. The number of rotatable bonds is 5. The maximum Gasteiger partial charge on any atom is 0.169 e. The Morgan fingerprint density at radius 2 is 1.67 bits per heavy atom. The Labute approximate surface area is 143 Å². The Morgan fingerprint density at radius 1 is 0.917 bits per heavy atom. The Morgan fingerprint density at radius 3 is 2.29 bits per heavy atom. The van der Waals surface area contributed by atoms with Crippen molar-refractivity contribution >= 4 is 11.5 Å². The van der Waals surface area contributed by atoms with E-state index in [1.54, 1.807) is 45.7 Å². The summed E-state index contributed by atoms with van der Waals surface area (Å²) in [5, 5.41) is 0. The van der Waals surface area contributed by atoms with Crippen LogP contribution in [0.3, 0.4) is 0 Å². The second kappa shape index (κ2) is 6.88. The van der Waals surface area contributed by atoms with Gasteiger partial charge >= 0.3 is 0 Å². The highest BCUT2D eigenvalue weighted by atomic mass is 32.1. The Bertz CT molecular complexity index is 846. The van der Waals surface area contributed by atoms with Crippen LogP contribution in [0.25, 0.3) is 21.6 Å². The van der Waals surface area contributed by atoms with Crippen molar-refractivity contribution in [1.29, 1.82) is 0 Å². The first-order chi connectivity index (χ1) is 11.7. The molecule has 0 saturated carbocycles. The lowest BCUT2D eigenvalue weighted by atomic mass is 10.0. The van der Waals surface area contributed by atoms with Crippen LogP contribution in [0.15, 0.2) is 42.6 Å². The van der Waals surface area contributed by atoms with Gasteiger partial charge in [-0.15, -0.1) is 0 Å². The summed E-state index contributed by atoms with van der Waals surface area (Å²) in [5.41, 5.74) is 2.59. The summed E-state index contributed by atoms with van der Waals surface area (Å²) in [6.07, 6.45) is 1.76. The summed E-state index contributed by atoms with van der Waals surface area (Å²) in [7, 11) is 4.76. The van der Waals surface area contributed by atoms with Crippen LogP contribution in [0.2, 0.25) is 0 Å². The van der Waals surface area contributed by atoms with Crippen LogP contribution in [-0.4, -0.2) is 25.7 Å².